The summed E-state index contributed by atoms with van der Waals surface area (Å²) in [6, 6.07) is 43.8. The predicted octanol–water partition coefficient (Wildman–Crippen LogP) is 8.48. The normalized spacial score (nSPS) is 10.9. The first kappa shape index (κ1) is 23.6. The highest BCUT2D eigenvalue weighted by Gasteiger charge is 2.03. The van der Waals surface area contributed by atoms with Crippen LogP contribution in [0, 0.1) is 6.92 Å². The molecular weight excluding hydrogens is 434 g/mol. The van der Waals surface area contributed by atoms with E-state index in [9.17, 15) is 0 Å². The fourth-order valence-corrected chi connectivity index (χ4v) is 4.75. The molecule has 0 unspecified atom stereocenters. The van der Waals surface area contributed by atoms with Crippen molar-refractivity contribution in [2.45, 2.75) is 32.6 Å². The second kappa shape index (κ2) is 11.1. The van der Waals surface area contributed by atoms with Crippen molar-refractivity contribution in [3.05, 3.63) is 149 Å². The lowest BCUT2D eigenvalue weighted by Crippen LogP contribution is -1.93. The van der Waals surface area contributed by atoms with Crippen molar-refractivity contribution in [3.63, 3.8) is 0 Å². The molecule has 36 heavy (non-hydrogen) atoms. The first-order valence-electron chi connectivity index (χ1n) is 12.8. The first-order chi connectivity index (χ1) is 17.6. The zero-order valence-corrected chi connectivity index (χ0v) is 21.0. The minimum Gasteiger partial charge on any atom is -0.399 e. The fourth-order valence-electron chi connectivity index (χ4n) is 4.75. The van der Waals surface area contributed by atoms with Crippen molar-refractivity contribution in [2.75, 3.05) is 5.73 Å². The lowest BCUT2D eigenvalue weighted by molar-refractivity contribution is 0.958. The second-order valence-electron chi connectivity index (χ2n) is 9.71. The van der Waals surface area contributed by atoms with Gasteiger partial charge in [0.1, 0.15) is 0 Å². The third-order valence-corrected chi connectivity index (χ3v) is 6.90. The minimum absolute atomic E-state index is 0.800. The Hall–Kier alpha value is -4.10. The molecule has 1 heteroatoms. The summed E-state index contributed by atoms with van der Waals surface area (Å²) in [6.45, 7) is 2.16. The van der Waals surface area contributed by atoms with Gasteiger partial charge in [-0.15, -0.1) is 0 Å². The second-order valence-corrected chi connectivity index (χ2v) is 9.71. The van der Waals surface area contributed by atoms with Crippen LogP contribution in [0.25, 0.3) is 22.3 Å². The minimum atomic E-state index is 0.800. The van der Waals surface area contributed by atoms with Crippen LogP contribution in [-0.2, 0) is 25.7 Å². The van der Waals surface area contributed by atoms with Crippen molar-refractivity contribution >= 4 is 5.69 Å². The highest BCUT2D eigenvalue weighted by molar-refractivity contribution is 5.67. The standard InChI is InChI=1S/C35H33N/c1-26-4-2-5-30(24-26)11-10-29-14-20-32(21-15-29)31-18-12-27(13-19-31)8-9-28-16-22-33(23-17-28)34-6-3-7-35(36)25-34/h2-7,12-25H,8-11,36H2,1H3. The Morgan fingerprint density at radius 2 is 0.861 bits per heavy atom. The van der Waals surface area contributed by atoms with Gasteiger partial charge in [0.2, 0.25) is 0 Å². The van der Waals surface area contributed by atoms with Gasteiger partial charge in [-0.2, -0.15) is 0 Å². The first-order valence-corrected chi connectivity index (χ1v) is 12.8. The van der Waals surface area contributed by atoms with Crippen molar-refractivity contribution in [3.8, 4) is 22.3 Å². The number of hydrogen-bond acceptors (Lipinski definition) is 1. The van der Waals surface area contributed by atoms with E-state index < -0.39 is 0 Å². The Morgan fingerprint density at radius 3 is 1.33 bits per heavy atom. The van der Waals surface area contributed by atoms with Crippen LogP contribution in [-0.4, -0.2) is 0 Å². The number of anilines is 1. The zero-order valence-electron chi connectivity index (χ0n) is 21.0. The molecule has 0 aliphatic rings. The number of hydrogen-bond donors (Lipinski definition) is 1. The van der Waals surface area contributed by atoms with Crippen LogP contribution in [0.15, 0.2) is 121 Å². The molecule has 5 aromatic rings. The maximum atomic E-state index is 5.93. The Morgan fingerprint density at radius 1 is 0.417 bits per heavy atom. The Labute approximate surface area is 215 Å². The summed E-state index contributed by atoms with van der Waals surface area (Å²) in [6.07, 6.45) is 4.23. The summed E-state index contributed by atoms with van der Waals surface area (Å²) in [4.78, 5) is 0. The molecule has 0 fully saturated rings. The zero-order chi connectivity index (χ0) is 24.7. The molecule has 178 valence electrons. The molecule has 0 saturated heterocycles. The molecule has 0 radical (unpaired) electrons. The Bertz CT molecular complexity index is 1410. The van der Waals surface area contributed by atoms with Crippen LogP contribution in [0.4, 0.5) is 5.69 Å². The van der Waals surface area contributed by atoms with Gasteiger partial charge in [0.15, 0.2) is 0 Å². The smallest absolute Gasteiger partial charge is 0.0320 e. The fraction of sp³-hybridized carbons (Fsp3) is 0.143. The summed E-state index contributed by atoms with van der Waals surface area (Å²) in [5.74, 6) is 0. The molecule has 2 N–H and O–H groups in total. The van der Waals surface area contributed by atoms with E-state index in [4.69, 9.17) is 5.73 Å². The van der Waals surface area contributed by atoms with Gasteiger partial charge in [-0.05, 0) is 89.2 Å². The maximum Gasteiger partial charge on any atom is 0.0320 e. The van der Waals surface area contributed by atoms with E-state index in [1.54, 1.807) is 0 Å². The molecule has 5 aromatic carbocycles. The van der Waals surface area contributed by atoms with Crippen LogP contribution < -0.4 is 5.73 Å². The molecule has 0 saturated carbocycles. The summed E-state index contributed by atoms with van der Waals surface area (Å²) < 4.78 is 0. The third-order valence-electron chi connectivity index (χ3n) is 6.90. The van der Waals surface area contributed by atoms with E-state index in [-0.39, 0.29) is 0 Å². The number of nitrogen functional groups attached to an aromatic ring is 1. The van der Waals surface area contributed by atoms with Crippen molar-refractivity contribution in [1.82, 2.24) is 0 Å². The van der Waals surface area contributed by atoms with Gasteiger partial charge >= 0.3 is 0 Å². The van der Waals surface area contributed by atoms with E-state index in [1.807, 2.05) is 18.2 Å². The summed E-state index contributed by atoms with van der Waals surface area (Å²) in [5, 5.41) is 0. The monoisotopic (exact) mass is 467 g/mol. The average Bonchev–Trinajstić information content (AvgIpc) is 2.92. The molecule has 0 spiro atoms. The molecule has 0 aromatic heterocycles. The van der Waals surface area contributed by atoms with Gasteiger partial charge in [-0.1, -0.05) is 115 Å². The number of nitrogens with two attached hydrogens (primary N) is 1. The van der Waals surface area contributed by atoms with Gasteiger partial charge in [-0.3, -0.25) is 0 Å². The van der Waals surface area contributed by atoms with Crippen LogP contribution in [0.3, 0.4) is 0 Å². The molecule has 1 nitrogen and oxygen atoms in total. The SMILES string of the molecule is Cc1cccc(CCc2ccc(-c3ccc(CCc4ccc(-c5cccc(N)c5)cc4)cc3)cc2)c1. The van der Waals surface area contributed by atoms with Crippen molar-refractivity contribution < 1.29 is 0 Å². The lowest BCUT2D eigenvalue weighted by Gasteiger charge is -2.08. The van der Waals surface area contributed by atoms with Crippen LogP contribution in [0.2, 0.25) is 0 Å². The highest BCUT2D eigenvalue weighted by Crippen LogP contribution is 2.24. The molecule has 0 aliphatic carbocycles. The molecule has 0 bridgehead atoms. The van der Waals surface area contributed by atoms with Crippen molar-refractivity contribution in [1.29, 1.82) is 0 Å². The van der Waals surface area contributed by atoms with Gasteiger partial charge in [0.25, 0.3) is 0 Å². The van der Waals surface area contributed by atoms with Crippen LogP contribution in [0.5, 0.6) is 0 Å². The molecule has 0 atom stereocenters. The van der Waals surface area contributed by atoms with E-state index >= 15 is 0 Å². The average molecular weight is 468 g/mol. The highest BCUT2D eigenvalue weighted by atomic mass is 14.5. The van der Waals surface area contributed by atoms with Crippen LogP contribution >= 0.6 is 0 Å². The van der Waals surface area contributed by atoms with Crippen molar-refractivity contribution in [2.24, 2.45) is 0 Å². The van der Waals surface area contributed by atoms with Crippen LogP contribution in [0.1, 0.15) is 27.8 Å². The van der Waals surface area contributed by atoms with Gasteiger partial charge in [0.05, 0.1) is 0 Å². The topological polar surface area (TPSA) is 26.0 Å². The van der Waals surface area contributed by atoms with E-state index in [0.717, 1.165) is 36.9 Å². The van der Waals surface area contributed by atoms with E-state index in [2.05, 4.69) is 110 Å². The summed E-state index contributed by atoms with van der Waals surface area (Å²) >= 11 is 0. The summed E-state index contributed by atoms with van der Waals surface area (Å²) in [7, 11) is 0. The molecule has 5 rings (SSSR count). The molecule has 0 heterocycles. The number of aryl methyl sites for hydroxylation is 5. The quantitative estimate of drug-likeness (QED) is 0.228. The van der Waals surface area contributed by atoms with Gasteiger partial charge in [-0.25, -0.2) is 0 Å². The number of rotatable bonds is 8. The van der Waals surface area contributed by atoms with E-state index in [0.29, 0.717) is 0 Å². The Balaban J connectivity index is 1.15. The maximum absolute atomic E-state index is 5.93. The lowest BCUT2D eigenvalue weighted by atomic mass is 9.97. The molecular formula is C35H33N. The largest absolute Gasteiger partial charge is 0.399 e. The molecule has 0 amide bonds. The van der Waals surface area contributed by atoms with Gasteiger partial charge in [0, 0.05) is 5.69 Å². The summed E-state index contributed by atoms with van der Waals surface area (Å²) in [5.41, 5.74) is 18.5. The third kappa shape index (κ3) is 6.12. The van der Waals surface area contributed by atoms with Gasteiger partial charge < -0.3 is 5.73 Å². The van der Waals surface area contributed by atoms with E-state index in [1.165, 1.54) is 44.5 Å². The molecule has 0 aliphatic heterocycles. The predicted molar refractivity (Wildman–Crippen MR) is 154 cm³/mol. The Kier molecular flexibility index (Phi) is 7.28. The number of benzene rings is 5.